The molecular weight excluding hydrogens is 277 g/mol. The molecule has 3 nitrogen and oxygen atoms in total. The molecule has 1 heterocycles. The summed E-state index contributed by atoms with van der Waals surface area (Å²) in [7, 11) is 1.82. The van der Waals surface area contributed by atoms with Gasteiger partial charge < -0.3 is 10.0 Å². The zero-order valence-electron chi connectivity index (χ0n) is 10.9. The van der Waals surface area contributed by atoms with E-state index < -0.39 is 5.97 Å². The second-order valence-electron chi connectivity index (χ2n) is 4.32. The van der Waals surface area contributed by atoms with Crippen LogP contribution in [-0.2, 0) is 11.3 Å². The normalized spacial score (nSPS) is 10.9. The number of hydrogen-bond acceptors (Lipinski definition) is 3. The fourth-order valence-electron chi connectivity index (χ4n) is 1.83. The van der Waals surface area contributed by atoms with Gasteiger partial charge in [-0.05, 0) is 35.2 Å². The van der Waals surface area contributed by atoms with Crippen molar-refractivity contribution in [3.05, 3.63) is 58.0 Å². The van der Waals surface area contributed by atoms with Crippen LogP contribution in [0.3, 0.4) is 0 Å². The van der Waals surface area contributed by atoms with Gasteiger partial charge in [0, 0.05) is 18.0 Å². The van der Waals surface area contributed by atoms with Crippen LogP contribution < -0.4 is 4.90 Å². The number of halogens is 1. The van der Waals surface area contributed by atoms with Crippen molar-refractivity contribution in [1.82, 2.24) is 0 Å². The van der Waals surface area contributed by atoms with Crippen LogP contribution >= 0.6 is 11.3 Å². The summed E-state index contributed by atoms with van der Waals surface area (Å²) in [6.07, 6.45) is 2.36. The van der Waals surface area contributed by atoms with Gasteiger partial charge in [-0.1, -0.05) is 12.1 Å². The molecule has 0 aliphatic rings. The van der Waals surface area contributed by atoms with Crippen molar-refractivity contribution < 1.29 is 14.3 Å². The molecule has 1 aromatic carbocycles. The van der Waals surface area contributed by atoms with E-state index in [0.29, 0.717) is 17.8 Å². The summed E-state index contributed by atoms with van der Waals surface area (Å²) < 4.78 is 14.0. The second kappa shape index (κ2) is 6.34. The van der Waals surface area contributed by atoms with Crippen LogP contribution in [0, 0.1) is 5.82 Å². The van der Waals surface area contributed by atoms with Crippen molar-refractivity contribution in [2.24, 2.45) is 0 Å². The number of benzene rings is 1. The van der Waals surface area contributed by atoms with E-state index in [-0.39, 0.29) is 5.82 Å². The molecule has 0 saturated carbocycles. The number of aliphatic carboxylic acids is 1. The van der Waals surface area contributed by atoms with Gasteiger partial charge in [-0.15, -0.1) is 11.3 Å². The van der Waals surface area contributed by atoms with Crippen molar-refractivity contribution in [2.75, 3.05) is 11.9 Å². The summed E-state index contributed by atoms with van der Waals surface area (Å²) in [5.74, 6) is -1.42. The lowest BCUT2D eigenvalue weighted by molar-refractivity contribution is -0.131. The summed E-state index contributed by atoms with van der Waals surface area (Å²) in [5.41, 5.74) is 1.02. The molecule has 0 spiro atoms. The third kappa shape index (κ3) is 3.68. The van der Waals surface area contributed by atoms with Crippen molar-refractivity contribution in [1.29, 1.82) is 0 Å². The zero-order valence-corrected chi connectivity index (χ0v) is 11.7. The Morgan fingerprint density at radius 3 is 2.85 bits per heavy atom. The molecule has 1 N–H and O–H groups in total. The molecule has 2 rings (SSSR count). The smallest absolute Gasteiger partial charge is 0.328 e. The minimum atomic E-state index is -1.05. The molecule has 2 aromatic rings. The Bertz CT molecular complexity index is 623. The Labute approximate surface area is 120 Å². The SMILES string of the molecule is CN(Cc1cccs1)c1ccc(/C=C/C(=O)O)cc1F. The van der Waals surface area contributed by atoms with Gasteiger partial charge in [-0.25, -0.2) is 9.18 Å². The molecule has 0 unspecified atom stereocenters. The highest BCUT2D eigenvalue weighted by molar-refractivity contribution is 7.09. The molecular formula is C15H14FNO2S. The number of hydrogen-bond donors (Lipinski definition) is 1. The maximum Gasteiger partial charge on any atom is 0.328 e. The van der Waals surface area contributed by atoms with Crippen molar-refractivity contribution in [3.8, 4) is 0 Å². The third-order valence-electron chi connectivity index (χ3n) is 2.77. The van der Waals surface area contributed by atoms with E-state index in [4.69, 9.17) is 5.11 Å². The van der Waals surface area contributed by atoms with E-state index in [9.17, 15) is 9.18 Å². The number of thiophene rings is 1. The molecule has 104 valence electrons. The predicted octanol–water partition coefficient (Wildman–Crippen LogP) is 3.62. The average Bonchev–Trinajstić information content (AvgIpc) is 2.89. The highest BCUT2D eigenvalue weighted by Crippen LogP contribution is 2.23. The molecule has 0 aliphatic carbocycles. The quantitative estimate of drug-likeness (QED) is 0.855. The van der Waals surface area contributed by atoms with Crippen LogP contribution in [0.25, 0.3) is 6.08 Å². The monoisotopic (exact) mass is 291 g/mol. The van der Waals surface area contributed by atoms with Gasteiger partial charge in [-0.2, -0.15) is 0 Å². The molecule has 5 heteroatoms. The van der Waals surface area contributed by atoms with Crippen LogP contribution in [-0.4, -0.2) is 18.1 Å². The first-order valence-corrected chi connectivity index (χ1v) is 6.88. The molecule has 20 heavy (non-hydrogen) atoms. The average molecular weight is 291 g/mol. The van der Waals surface area contributed by atoms with E-state index in [1.807, 2.05) is 29.5 Å². The summed E-state index contributed by atoms with van der Waals surface area (Å²) in [6.45, 7) is 0.638. The van der Waals surface area contributed by atoms with Gasteiger partial charge in [0.1, 0.15) is 5.82 Å². The van der Waals surface area contributed by atoms with Gasteiger partial charge >= 0.3 is 5.97 Å². The summed E-state index contributed by atoms with van der Waals surface area (Å²) in [4.78, 5) is 13.4. The van der Waals surface area contributed by atoms with E-state index in [2.05, 4.69) is 0 Å². The number of nitrogens with zero attached hydrogens (tertiary/aromatic N) is 1. The highest BCUT2D eigenvalue weighted by atomic mass is 32.1. The lowest BCUT2D eigenvalue weighted by atomic mass is 10.1. The van der Waals surface area contributed by atoms with Gasteiger partial charge in [-0.3, -0.25) is 0 Å². The fraction of sp³-hybridized carbons (Fsp3) is 0.133. The van der Waals surface area contributed by atoms with Crippen molar-refractivity contribution >= 4 is 29.1 Å². The number of carbonyl (C=O) groups is 1. The number of rotatable bonds is 5. The lowest BCUT2D eigenvalue weighted by Gasteiger charge is -2.19. The standard InChI is InChI=1S/C15H14FNO2S/c1-17(10-12-3-2-8-20-12)14-6-4-11(9-13(14)16)5-7-15(18)19/h2-9H,10H2,1H3,(H,18,19)/b7-5+. The molecule has 0 amide bonds. The molecule has 0 radical (unpaired) electrons. The Morgan fingerprint density at radius 2 is 2.25 bits per heavy atom. The van der Waals surface area contributed by atoms with Crippen molar-refractivity contribution in [2.45, 2.75) is 6.54 Å². The minimum Gasteiger partial charge on any atom is -0.478 e. The molecule has 0 bridgehead atoms. The Balaban J connectivity index is 2.14. The molecule has 0 saturated heterocycles. The van der Waals surface area contributed by atoms with E-state index in [0.717, 1.165) is 11.0 Å². The van der Waals surface area contributed by atoms with E-state index in [1.165, 1.54) is 12.1 Å². The van der Waals surface area contributed by atoms with Gasteiger partial charge in [0.05, 0.1) is 12.2 Å². The molecule has 0 fully saturated rings. The molecule has 0 aliphatic heterocycles. The van der Waals surface area contributed by atoms with Gasteiger partial charge in [0.25, 0.3) is 0 Å². The summed E-state index contributed by atoms with van der Waals surface area (Å²) in [6, 6.07) is 8.65. The first kappa shape index (κ1) is 14.3. The Hall–Kier alpha value is -2.14. The number of anilines is 1. The Morgan fingerprint density at radius 1 is 1.45 bits per heavy atom. The number of carboxylic acid groups (broad SMARTS) is 1. The van der Waals surface area contributed by atoms with Gasteiger partial charge in [0.2, 0.25) is 0 Å². The minimum absolute atomic E-state index is 0.364. The van der Waals surface area contributed by atoms with Crippen LogP contribution in [0.4, 0.5) is 10.1 Å². The fourth-order valence-corrected chi connectivity index (χ4v) is 2.58. The summed E-state index contributed by atoms with van der Waals surface area (Å²) in [5, 5.41) is 10.5. The molecule has 0 atom stereocenters. The second-order valence-corrected chi connectivity index (χ2v) is 5.35. The first-order valence-electron chi connectivity index (χ1n) is 6.00. The van der Waals surface area contributed by atoms with Crippen LogP contribution in [0.15, 0.2) is 41.8 Å². The predicted molar refractivity (Wildman–Crippen MR) is 79.5 cm³/mol. The number of carboxylic acids is 1. The van der Waals surface area contributed by atoms with Gasteiger partial charge in [0.15, 0.2) is 0 Å². The lowest BCUT2D eigenvalue weighted by Crippen LogP contribution is -2.16. The summed E-state index contributed by atoms with van der Waals surface area (Å²) >= 11 is 1.63. The van der Waals surface area contributed by atoms with E-state index in [1.54, 1.807) is 23.5 Å². The maximum absolute atomic E-state index is 14.0. The maximum atomic E-state index is 14.0. The third-order valence-corrected chi connectivity index (χ3v) is 3.64. The van der Waals surface area contributed by atoms with Crippen LogP contribution in [0.5, 0.6) is 0 Å². The van der Waals surface area contributed by atoms with E-state index >= 15 is 0 Å². The van der Waals surface area contributed by atoms with Crippen molar-refractivity contribution in [3.63, 3.8) is 0 Å². The highest BCUT2D eigenvalue weighted by Gasteiger charge is 2.09. The van der Waals surface area contributed by atoms with Crippen LogP contribution in [0.2, 0.25) is 0 Å². The Kier molecular flexibility index (Phi) is 4.53. The largest absolute Gasteiger partial charge is 0.478 e. The first-order chi connectivity index (χ1) is 9.56. The van der Waals surface area contributed by atoms with Crippen LogP contribution in [0.1, 0.15) is 10.4 Å². The zero-order chi connectivity index (χ0) is 14.5. The topological polar surface area (TPSA) is 40.5 Å². The molecule has 1 aromatic heterocycles.